The molecule has 4 rings (SSSR count). The molecule has 0 amide bonds. The van der Waals surface area contributed by atoms with Crippen molar-refractivity contribution in [2.75, 3.05) is 0 Å². The number of halogens is 4. The van der Waals surface area contributed by atoms with Crippen LogP contribution < -0.4 is 14.4 Å². The lowest BCUT2D eigenvalue weighted by molar-refractivity contribution is -0.687. The maximum Gasteiger partial charge on any atom is 0.573 e. The Labute approximate surface area is 186 Å². The van der Waals surface area contributed by atoms with Crippen LogP contribution in [0.5, 0.6) is 5.75 Å². The van der Waals surface area contributed by atoms with Crippen LogP contribution >= 0.6 is 0 Å². The fraction of sp³-hybridized carbons (Fsp3) is 0.0833. The third-order valence-corrected chi connectivity index (χ3v) is 4.71. The molecule has 1 heterocycles. The Balaban J connectivity index is 1.49. The Morgan fingerprint density at radius 2 is 1.73 bits per heavy atom. The lowest BCUT2D eigenvalue weighted by Crippen LogP contribution is -2.31. The van der Waals surface area contributed by atoms with Crippen molar-refractivity contribution in [2.24, 2.45) is 5.10 Å². The second-order valence-electron chi connectivity index (χ2n) is 7.12. The molecular formula is C24H17F4N3O2. The molecule has 0 unspecified atom stereocenters. The smallest absolute Gasteiger partial charge is 0.573 e. The number of nitrogens with zero attached hydrogens (tertiary/aromatic N) is 3. The van der Waals surface area contributed by atoms with Gasteiger partial charge in [0.2, 0.25) is 0 Å². The van der Waals surface area contributed by atoms with Crippen LogP contribution in [0.25, 0.3) is 11.1 Å². The summed E-state index contributed by atoms with van der Waals surface area (Å²) in [6, 6.07) is 18.4. The van der Waals surface area contributed by atoms with Crippen LogP contribution in [0.4, 0.5) is 17.6 Å². The van der Waals surface area contributed by atoms with Crippen molar-refractivity contribution in [3.8, 4) is 16.9 Å². The maximum absolute atomic E-state index is 14.6. The first-order chi connectivity index (χ1) is 15.8. The molecule has 4 aromatic rings. The molecule has 168 valence electrons. The first-order valence-corrected chi connectivity index (χ1v) is 9.80. The number of benzene rings is 3. The van der Waals surface area contributed by atoms with Crippen molar-refractivity contribution in [3.05, 3.63) is 108 Å². The summed E-state index contributed by atoms with van der Waals surface area (Å²) in [5.74, 6) is -1.75. The zero-order valence-corrected chi connectivity index (χ0v) is 17.0. The quantitative estimate of drug-likeness (QED) is 0.190. The zero-order valence-electron chi connectivity index (χ0n) is 17.0. The highest BCUT2D eigenvalue weighted by atomic mass is 19.4. The second-order valence-corrected chi connectivity index (χ2v) is 7.12. The van der Waals surface area contributed by atoms with Crippen LogP contribution in [0.1, 0.15) is 11.1 Å². The molecule has 0 fully saturated rings. The molecule has 0 N–H and O–H groups in total. The summed E-state index contributed by atoms with van der Waals surface area (Å²) >= 11 is 0. The van der Waals surface area contributed by atoms with Gasteiger partial charge in [0.25, 0.3) is 6.33 Å². The van der Waals surface area contributed by atoms with E-state index >= 15 is 0 Å². The van der Waals surface area contributed by atoms with Gasteiger partial charge in [-0.2, -0.15) is 0 Å². The summed E-state index contributed by atoms with van der Waals surface area (Å²) in [6.45, 7) is 0.605. The molecule has 0 bridgehead atoms. The number of ether oxygens (including phenoxy) is 1. The summed E-state index contributed by atoms with van der Waals surface area (Å²) in [7, 11) is 0. The van der Waals surface area contributed by atoms with Gasteiger partial charge >= 0.3 is 6.36 Å². The Bertz CT molecular complexity index is 1270. The van der Waals surface area contributed by atoms with Gasteiger partial charge in [0.15, 0.2) is 6.20 Å². The number of hydrogen-bond donors (Lipinski definition) is 0. The summed E-state index contributed by atoms with van der Waals surface area (Å²) in [6.07, 6.45) is 0.203. The Morgan fingerprint density at radius 3 is 2.39 bits per heavy atom. The van der Waals surface area contributed by atoms with Crippen LogP contribution in [-0.2, 0) is 6.54 Å². The summed E-state index contributed by atoms with van der Waals surface area (Å²) in [5.41, 5.74) is 1.59. The van der Waals surface area contributed by atoms with Gasteiger partial charge in [-0.3, -0.25) is 0 Å². The van der Waals surface area contributed by atoms with Gasteiger partial charge in [0.05, 0.1) is 0 Å². The molecule has 0 aliphatic heterocycles. The first-order valence-electron chi connectivity index (χ1n) is 9.80. The zero-order chi connectivity index (χ0) is 23.4. The van der Waals surface area contributed by atoms with Crippen molar-refractivity contribution in [1.82, 2.24) is 4.68 Å². The predicted molar refractivity (Wildman–Crippen MR) is 111 cm³/mol. The van der Waals surface area contributed by atoms with Crippen LogP contribution in [-0.4, -0.2) is 16.9 Å². The molecule has 3 aromatic carbocycles. The topological polar surface area (TPSA) is 53.5 Å². The van der Waals surface area contributed by atoms with E-state index in [0.29, 0.717) is 12.1 Å². The first kappa shape index (κ1) is 22.1. The van der Waals surface area contributed by atoms with Crippen molar-refractivity contribution in [2.45, 2.75) is 12.9 Å². The van der Waals surface area contributed by atoms with E-state index in [4.69, 9.17) is 0 Å². The lowest BCUT2D eigenvalue weighted by atomic mass is 10.0. The highest BCUT2D eigenvalue weighted by molar-refractivity contribution is 5.91. The fourth-order valence-corrected chi connectivity index (χ4v) is 3.21. The number of imidazole rings is 1. The molecule has 33 heavy (non-hydrogen) atoms. The van der Waals surface area contributed by atoms with Crippen LogP contribution in [0.15, 0.2) is 96.6 Å². The van der Waals surface area contributed by atoms with Gasteiger partial charge in [0, 0.05) is 11.5 Å². The predicted octanol–water partition coefficient (Wildman–Crippen LogP) is 4.10. The second kappa shape index (κ2) is 9.15. The number of hydrogen-bond acceptors (Lipinski definition) is 3. The van der Waals surface area contributed by atoms with Gasteiger partial charge in [-0.05, 0) is 34.9 Å². The van der Waals surface area contributed by atoms with E-state index in [1.54, 1.807) is 18.7 Å². The van der Waals surface area contributed by atoms with E-state index in [-0.39, 0.29) is 11.1 Å². The third-order valence-electron chi connectivity index (χ3n) is 4.71. The minimum Gasteiger partial charge on any atom is -0.856 e. The van der Waals surface area contributed by atoms with Gasteiger partial charge in [-0.15, -0.1) is 17.8 Å². The van der Waals surface area contributed by atoms with Gasteiger partial charge in [-0.1, -0.05) is 59.7 Å². The van der Waals surface area contributed by atoms with Crippen LogP contribution in [0, 0.1) is 5.82 Å². The number of rotatable bonds is 6. The Morgan fingerprint density at radius 1 is 1.00 bits per heavy atom. The van der Waals surface area contributed by atoms with Crippen LogP contribution in [0.2, 0.25) is 0 Å². The minimum atomic E-state index is -4.81. The summed E-state index contributed by atoms with van der Waals surface area (Å²) in [5, 5.41) is 16.4. The standard InChI is InChI=1S/C24H17F4N3O2/c25-22-14-19(8-11-21(22)18-6-9-20(10-7-18)33-24(26,27)28)23(32)29-31-13-12-30(16-31)15-17-4-2-1-3-5-17/h1-14,16H,15H2. The van der Waals surface area contributed by atoms with E-state index in [1.807, 2.05) is 34.9 Å². The van der Waals surface area contributed by atoms with Gasteiger partial charge < -0.3 is 9.84 Å². The molecule has 9 heteroatoms. The molecule has 5 nitrogen and oxygen atoms in total. The van der Waals surface area contributed by atoms with Crippen LogP contribution in [0.3, 0.4) is 0 Å². The highest BCUT2D eigenvalue weighted by Gasteiger charge is 2.31. The lowest BCUT2D eigenvalue weighted by Gasteiger charge is -2.12. The monoisotopic (exact) mass is 455 g/mol. The molecular weight excluding hydrogens is 438 g/mol. The average Bonchev–Trinajstić information content (AvgIpc) is 3.20. The van der Waals surface area contributed by atoms with E-state index in [1.165, 1.54) is 28.9 Å². The molecule has 0 aliphatic carbocycles. The molecule has 0 spiro atoms. The van der Waals surface area contributed by atoms with Crippen molar-refractivity contribution in [1.29, 1.82) is 0 Å². The molecule has 0 saturated heterocycles. The summed E-state index contributed by atoms with van der Waals surface area (Å²) in [4.78, 5) is 0. The fourth-order valence-electron chi connectivity index (χ4n) is 3.21. The number of aromatic nitrogens is 2. The van der Waals surface area contributed by atoms with Crippen molar-refractivity contribution < 1.29 is 32.0 Å². The van der Waals surface area contributed by atoms with E-state index in [0.717, 1.165) is 23.8 Å². The normalized spacial score (nSPS) is 12.1. The average molecular weight is 455 g/mol. The maximum atomic E-state index is 14.6. The minimum absolute atomic E-state index is 0.0385. The molecule has 0 atom stereocenters. The third kappa shape index (κ3) is 5.76. The highest BCUT2D eigenvalue weighted by Crippen LogP contribution is 2.28. The summed E-state index contributed by atoms with van der Waals surface area (Å²) < 4.78 is 58.5. The van der Waals surface area contributed by atoms with E-state index < -0.39 is 23.8 Å². The van der Waals surface area contributed by atoms with Gasteiger partial charge in [-0.25, -0.2) is 8.96 Å². The van der Waals surface area contributed by atoms with Crippen molar-refractivity contribution >= 4 is 5.90 Å². The van der Waals surface area contributed by atoms with Gasteiger partial charge in [0.1, 0.15) is 24.3 Å². The SMILES string of the molecule is [O-]/C(=N\n1cc[n+](Cc2ccccc2)c1)c1ccc(-c2ccc(OC(F)(F)F)cc2)c(F)c1. The van der Waals surface area contributed by atoms with E-state index in [2.05, 4.69) is 9.84 Å². The Hall–Kier alpha value is -4.14. The largest absolute Gasteiger partial charge is 0.856 e. The van der Waals surface area contributed by atoms with Crippen molar-refractivity contribution in [3.63, 3.8) is 0 Å². The molecule has 0 saturated carbocycles. The number of alkyl halides is 3. The Kier molecular flexibility index (Phi) is 6.12. The van der Waals surface area contributed by atoms with E-state index in [9.17, 15) is 22.7 Å². The molecule has 0 aliphatic rings. The molecule has 0 radical (unpaired) electrons. The molecule has 1 aromatic heterocycles.